The number of amides is 1. The van der Waals surface area contributed by atoms with Crippen molar-refractivity contribution in [1.82, 2.24) is 20.3 Å². The molecule has 130 valence electrons. The van der Waals surface area contributed by atoms with Crippen LogP contribution in [0.2, 0.25) is 5.02 Å². The number of aryl methyl sites for hydroxylation is 1. The Kier molecular flexibility index (Phi) is 5.29. The summed E-state index contributed by atoms with van der Waals surface area (Å²) in [5, 5.41) is 13.2. The van der Waals surface area contributed by atoms with Crippen LogP contribution in [-0.4, -0.2) is 26.2 Å². The molecule has 1 aromatic carbocycles. The highest BCUT2D eigenvalue weighted by molar-refractivity contribution is 7.15. The van der Waals surface area contributed by atoms with E-state index in [2.05, 4.69) is 25.7 Å². The number of rotatable bonds is 6. The summed E-state index contributed by atoms with van der Waals surface area (Å²) in [7, 11) is 0. The van der Waals surface area contributed by atoms with E-state index in [9.17, 15) is 13.6 Å². The molecule has 11 heteroatoms. The third kappa shape index (κ3) is 4.54. The lowest BCUT2D eigenvalue weighted by atomic mass is 10.2. The monoisotopic (exact) mass is 385 g/mol. The third-order valence-corrected chi connectivity index (χ3v) is 4.11. The quantitative estimate of drug-likeness (QED) is 0.694. The number of aromatic nitrogens is 4. The Morgan fingerprint density at radius 2 is 2.04 bits per heavy atom. The van der Waals surface area contributed by atoms with Crippen LogP contribution in [0, 0.1) is 0 Å². The maximum Gasteiger partial charge on any atom is 0.291 e. The second kappa shape index (κ2) is 7.62. The number of nitrogens with zero attached hydrogens (tertiary/aromatic N) is 4. The van der Waals surface area contributed by atoms with Crippen molar-refractivity contribution in [3.63, 3.8) is 0 Å². The van der Waals surface area contributed by atoms with E-state index in [-0.39, 0.29) is 23.9 Å². The first-order valence-corrected chi connectivity index (χ1v) is 8.20. The number of hydrogen-bond acceptors (Lipinski definition) is 7. The lowest BCUT2D eigenvalue weighted by Gasteiger charge is -1.98. The lowest BCUT2D eigenvalue weighted by Crippen LogP contribution is -2.12. The number of alkyl halides is 2. The van der Waals surface area contributed by atoms with Gasteiger partial charge in [0.1, 0.15) is 0 Å². The van der Waals surface area contributed by atoms with Crippen LogP contribution in [0.1, 0.15) is 23.7 Å². The lowest BCUT2D eigenvalue weighted by molar-refractivity contribution is -0.116. The Morgan fingerprint density at radius 1 is 1.28 bits per heavy atom. The molecule has 3 aromatic rings. The van der Waals surface area contributed by atoms with Crippen molar-refractivity contribution in [1.29, 1.82) is 0 Å². The minimum atomic E-state index is -2.71. The molecular weight excluding hydrogens is 376 g/mol. The molecule has 0 saturated carbocycles. The van der Waals surface area contributed by atoms with Crippen molar-refractivity contribution in [3.8, 4) is 11.4 Å². The molecule has 0 bridgehead atoms. The molecule has 0 aliphatic rings. The first-order chi connectivity index (χ1) is 12.0. The Morgan fingerprint density at radius 3 is 2.72 bits per heavy atom. The number of halogens is 3. The van der Waals surface area contributed by atoms with Gasteiger partial charge in [-0.3, -0.25) is 4.79 Å². The molecule has 1 amide bonds. The summed E-state index contributed by atoms with van der Waals surface area (Å²) in [5.74, 6) is 0.256. The van der Waals surface area contributed by atoms with Gasteiger partial charge in [-0.25, -0.2) is 8.78 Å². The maximum absolute atomic E-state index is 12.4. The Hall–Kier alpha value is -2.46. The molecule has 7 nitrogen and oxygen atoms in total. The standard InChI is InChI=1S/C14H10ClF2N5O2S/c15-8-3-1-7(2-4-8)12-19-10(24-22-12)6-5-9(23)18-14-21-20-13(25-14)11(16)17/h1-4,11H,5-6H2,(H,18,21,23). The van der Waals surface area contributed by atoms with E-state index < -0.39 is 17.3 Å². The summed E-state index contributed by atoms with van der Waals surface area (Å²) in [6.45, 7) is 0. The van der Waals surface area contributed by atoms with E-state index in [4.69, 9.17) is 16.1 Å². The molecule has 0 unspecified atom stereocenters. The van der Waals surface area contributed by atoms with E-state index in [0.29, 0.717) is 22.2 Å². The minimum absolute atomic E-state index is 0.0210. The molecule has 0 fully saturated rings. The highest BCUT2D eigenvalue weighted by atomic mass is 35.5. The van der Waals surface area contributed by atoms with Gasteiger partial charge in [-0.15, -0.1) is 10.2 Å². The summed E-state index contributed by atoms with van der Waals surface area (Å²) in [6.07, 6.45) is -2.48. The first kappa shape index (κ1) is 17.4. The molecule has 0 aliphatic heterocycles. The fraction of sp³-hybridized carbons (Fsp3) is 0.214. The van der Waals surface area contributed by atoms with E-state index in [1.54, 1.807) is 24.3 Å². The van der Waals surface area contributed by atoms with Crippen LogP contribution in [-0.2, 0) is 11.2 Å². The smallest absolute Gasteiger partial charge is 0.291 e. The van der Waals surface area contributed by atoms with Gasteiger partial charge in [-0.1, -0.05) is 28.1 Å². The number of anilines is 1. The summed E-state index contributed by atoms with van der Waals surface area (Å²) >= 11 is 6.44. The number of nitrogens with one attached hydrogen (secondary N) is 1. The van der Waals surface area contributed by atoms with Gasteiger partial charge in [0.05, 0.1) is 0 Å². The van der Waals surface area contributed by atoms with Gasteiger partial charge in [0, 0.05) is 23.4 Å². The minimum Gasteiger partial charge on any atom is -0.339 e. The van der Waals surface area contributed by atoms with Crippen LogP contribution in [0.25, 0.3) is 11.4 Å². The van der Waals surface area contributed by atoms with Gasteiger partial charge in [0.25, 0.3) is 6.43 Å². The highest BCUT2D eigenvalue weighted by Crippen LogP contribution is 2.25. The summed E-state index contributed by atoms with van der Waals surface area (Å²) in [5.41, 5.74) is 0.734. The number of carbonyl (C=O) groups is 1. The molecular formula is C14H10ClF2N5O2S. The second-order valence-corrected chi connectivity index (χ2v) is 6.26. The first-order valence-electron chi connectivity index (χ1n) is 7.01. The van der Waals surface area contributed by atoms with Crippen molar-refractivity contribution in [2.24, 2.45) is 0 Å². The number of benzene rings is 1. The largest absolute Gasteiger partial charge is 0.339 e. The molecule has 1 N–H and O–H groups in total. The number of hydrogen-bond donors (Lipinski definition) is 1. The van der Waals surface area contributed by atoms with Crippen LogP contribution >= 0.6 is 22.9 Å². The van der Waals surface area contributed by atoms with Crippen LogP contribution in [0.4, 0.5) is 13.9 Å². The SMILES string of the molecule is O=C(CCc1nc(-c2ccc(Cl)cc2)no1)Nc1nnc(C(F)F)s1. The van der Waals surface area contributed by atoms with Gasteiger partial charge in [0.15, 0.2) is 5.01 Å². The van der Waals surface area contributed by atoms with Crippen LogP contribution in [0.5, 0.6) is 0 Å². The molecule has 0 saturated heterocycles. The molecule has 2 heterocycles. The molecule has 2 aromatic heterocycles. The second-order valence-electron chi connectivity index (χ2n) is 4.81. The fourth-order valence-electron chi connectivity index (χ4n) is 1.85. The Labute approximate surface area is 149 Å². The van der Waals surface area contributed by atoms with E-state index in [0.717, 1.165) is 5.56 Å². The molecule has 3 rings (SSSR count). The Bertz CT molecular complexity index is 868. The van der Waals surface area contributed by atoms with E-state index in [1.165, 1.54) is 0 Å². The van der Waals surface area contributed by atoms with Crippen molar-refractivity contribution in [2.75, 3.05) is 5.32 Å². The topological polar surface area (TPSA) is 93.8 Å². The summed E-state index contributed by atoms with van der Waals surface area (Å²) < 4.78 is 29.9. The Balaban J connectivity index is 1.54. The fourth-order valence-corrected chi connectivity index (χ4v) is 2.59. The molecule has 0 spiro atoms. The molecule has 0 radical (unpaired) electrons. The van der Waals surface area contributed by atoms with Crippen molar-refractivity contribution >= 4 is 34.0 Å². The predicted octanol–water partition coefficient (Wildman–Crippen LogP) is 3.75. The van der Waals surface area contributed by atoms with Crippen LogP contribution < -0.4 is 5.32 Å². The zero-order valence-electron chi connectivity index (χ0n) is 12.4. The third-order valence-electron chi connectivity index (χ3n) is 3.01. The molecule has 0 aliphatic carbocycles. The molecule has 25 heavy (non-hydrogen) atoms. The molecule has 0 atom stereocenters. The van der Waals surface area contributed by atoms with Gasteiger partial charge >= 0.3 is 0 Å². The van der Waals surface area contributed by atoms with E-state index in [1.807, 2.05) is 0 Å². The van der Waals surface area contributed by atoms with Crippen molar-refractivity contribution < 1.29 is 18.1 Å². The van der Waals surface area contributed by atoms with Gasteiger partial charge < -0.3 is 9.84 Å². The highest BCUT2D eigenvalue weighted by Gasteiger charge is 2.16. The normalized spacial score (nSPS) is 11.0. The number of carbonyl (C=O) groups excluding carboxylic acids is 1. The van der Waals surface area contributed by atoms with Gasteiger partial charge in [0.2, 0.25) is 22.8 Å². The summed E-state index contributed by atoms with van der Waals surface area (Å²) in [6, 6.07) is 6.91. The zero-order chi connectivity index (χ0) is 17.8. The van der Waals surface area contributed by atoms with Gasteiger partial charge in [-0.05, 0) is 24.3 Å². The average Bonchev–Trinajstić information content (AvgIpc) is 3.23. The van der Waals surface area contributed by atoms with E-state index >= 15 is 0 Å². The average molecular weight is 386 g/mol. The van der Waals surface area contributed by atoms with Crippen LogP contribution in [0.15, 0.2) is 28.8 Å². The maximum atomic E-state index is 12.4. The predicted molar refractivity (Wildman–Crippen MR) is 86.6 cm³/mol. The van der Waals surface area contributed by atoms with Crippen molar-refractivity contribution in [3.05, 3.63) is 40.2 Å². The summed E-state index contributed by atoms with van der Waals surface area (Å²) in [4.78, 5) is 16.0. The van der Waals surface area contributed by atoms with Gasteiger partial charge in [-0.2, -0.15) is 4.98 Å². The van der Waals surface area contributed by atoms with Crippen LogP contribution in [0.3, 0.4) is 0 Å². The zero-order valence-corrected chi connectivity index (χ0v) is 14.0. The van der Waals surface area contributed by atoms with Crippen molar-refractivity contribution in [2.45, 2.75) is 19.3 Å².